The minimum absolute atomic E-state index is 0. The van der Waals surface area contributed by atoms with Crippen LogP contribution in [0.15, 0.2) is 0 Å². The van der Waals surface area contributed by atoms with Gasteiger partial charge in [0.2, 0.25) is 11.8 Å². The van der Waals surface area contributed by atoms with E-state index in [1.807, 2.05) is 0 Å². The molecule has 1 rings (SSSR count). The highest BCUT2D eigenvalue weighted by atomic mass is 35.5. The van der Waals surface area contributed by atoms with Crippen molar-refractivity contribution < 1.29 is 39.5 Å². The smallest absolute Gasteiger partial charge is 0.321 e. The molecule has 0 aromatic heterocycles. The molecule has 4 atom stereocenters. The number of rotatable bonds is 3. The molecule has 0 spiro atoms. The maximum Gasteiger partial charge on any atom is 0.321 e. The number of aliphatic hydroxyl groups excluding tert-OH is 3. The first-order valence-electron chi connectivity index (χ1n) is 9.27. The van der Waals surface area contributed by atoms with Gasteiger partial charge in [-0.25, -0.2) is 0 Å². The summed E-state index contributed by atoms with van der Waals surface area (Å²) in [5, 5.41) is 38.9. The Morgan fingerprint density at radius 1 is 1.07 bits per heavy atom. The second-order valence-electron chi connectivity index (χ2n) is 6.90. The lowest BCUT2D eigenvalue weighted by molar-refractivity contribution is -0.143. The molecule has 2 amide bonds. The lowest BCUT2D eigenvalue weighted by Gasteiger charge is -2.31. The van der Waals surface area contributed by atoms with E-state index in [0.717, 1.165) is 0 Å². The second kappa shape index (κ2) is 13.7. The van der Waals surface area contributed by atoms with Gasteiger partial charge < -0.3 is 40.7 Å². The molecule has 12 heteroatoms. The molecule has 0 saturated carbocycles. The summed E-state index contributed by atoms with van der Waals surface area (Å²) in [5.41, 5.74) is 5.44. The molecule has 1 saturated heterocycles. The number of aliphatic hydroxyl groups is 3. The monoisotopic (exact) mass is 441 g/mol. The van der Waals surface area contributed by atoms with Crippen LogP contribution in [0.2, 0.25) is 0 Å². The Hall–Kier alpha value is -1.50. The van der Waals surface area contributed by atoms with Crippen LogP contribution in [0.25, 0.3) is 0 Å². The van der Waals surface area contributed by atoms with Crippen molar-refractivity contribution in [2.24, 2.45) is 5.73 Å². The molecule has 0 aliphatic carbocycles. The number of halogens is 1. The minimum Gasteiger partial charge on any atom is -0.480 e. The van der Waals surface area contributed by atoms with Gasteiger partial charge in [0.15, 0.2) is 0 Å². The third-order valence-electron chi connectivity index (χ3n) is 4.60. The highest BCUT2D eigenvalue weighted by Crippen LogP contribution is 2.08. The van der Waals surface area contributed by atoms with Crippen molar-refractivity contribution >= 4 is 30.2 Å². The van der Waals surface area contributed by atoms with E-state index in [1.54, 1.807) is 0 Å². The van der Waals surface area contributed by atoms with Gasteiger partial charge in [-0.1, -0.05) is 0 Å². The number of aliphatic carboxylic acids is 1. The standard InChI is InChI=1S/C17H31N3O8.ClH/c1-11(21)20-6-5-19(15(24)8-12(18)17(26)27)4-2-3-7-28-10-14(23)16(25)13(22)9-20;/h12-14,16,22-23,25H,2-10,18H2,1H3,(H,26,27);1H/t12-,13-,14+,16+;/m0./s1. The van der Waals surface area contributed by atoms with Gasteiger partial charge in [-0.3, -0.25) is 14.4 Å². The number of carboxylic acid groups (broad SMARTS) is 1. The third-order valence-corrected chi connectivity index (χ3v) is 4.60. The Bertz CT molecular complexity index is 539. The molecule has 1 aliphatic heterocycles. The van der Waals surface area contributed by atoms with Crippen molar-refractivity contribution in [1.82, 2.24) is 9.80 Å². The van der Waals surface area contributed by atoms with E-state index in [4.69, 9.17) is 15.6 Å². The van der Waals surface area contributed by atoms with Gasteiger partial charge in [0.05, 0.1) is 13.0 Å². The number of carbonyl (C=O) groups excluding carboxylic acids is 2. The molecule has 29 heavy (non-hydrogen) atoms. The average molecular weight is 442 g/mol. The zero-order valence-electron chi connectivity index (χ0n) is 16.5. The van der Waals surface area contributed by atoms with Crippen LogP contribution in [-0.2, 0) is 19.1 Å². The van der Waals surface area contributed by atoms with Crippen molar-refractivity contribution in [3.8, 4) is 0 Å². The summed E-state index contributed by atoms with van der Waals surface area (Å²) in [6, 6.07) is -1.31. The fourth-order valence-electron chi connectivity index (χ4n) is 2.78. The van der Waals surface area contributed by atoms with Gasteiger partial charge in [0.1, 0.15) is 24.4 Å². The Morgan fingerprint density at radius 3 is 2.28 bits per heavy atom. The summed E-state index contributed by atoms with van der Waals surface area (Å²) in [7, 11) is 0. The summed E-state index contributed by atoms with van der Waals surface area (Å²) >= 11 is 0. The van der Waals surface area contributed by atoms with Gasteiger partial charge in [-0.05, 0) is 12.8 Å². The van der Waals surface area contributed by atoms with Crippen LogP contribution >= 0.6 is 12.4 Å². The van der Waals surface area contributed by atoms with Crippen LogP contribution in [0.3, 0.4) is 0 Å². The lowest BCUT2D eigenvalue weighted by atomic mass is 10.1. The van der Waals surface area contributed by atoms with E-state index >= 15 is 0 Å². The van der Waals surface area contributed by atoms with Gasteiger partial charge in [0.25, 0.3) is 0 Å². The number of hydrogen-bond acceptors (Lipinski definition) is 8. The van der Waals surface area contributed by atoms with Crippen LogP contribution in [0.1, 0.15) is 26.2 Å². The molecule has 0 aromatic carbocycles. The predicted octanol–water partition coefficient (Wildman–Crippen LogP) is -2.22. The van der Waals surface area contributed by atoms with Crippen molar-refractivity contribution in [1.29, 1.82) is 0 Å². The lowest BCUT2D eigenvalue weighted by Crippen LogP contribution is -2.49. The quantitative estimate of drug-likeness (QED) is 0.325. The number of amides is 2. The van der Waals surface area contributed by atoms with Crippen molar-refractivity contribution in [2.45, 2.75) is 50.5 Å². The van der Waals surface area contributed by atoms with Gasteiger partial charge in [0, 0.05) is 39.7 Å². The number of hydrogen-bond donors (Lipinski definition) is 5. The molecule has 1 heterocycles. The SMILES string of the molecule is CC(=O)N1CCN(C(=O)C[C@H](N)C(=O)O)CCCCOC[C@@H](O)[C@H](O)[C@@H](O)C1.Cl. The van der Waals surface area contributed by atoms with Crippen molar-refractivity contribution in [3.63, 3.8) is 0 Å². The fourth-order valence-corrected chi connectivity index (χ4v) is 2.78. The summed E-state index contributed by atoms with van der Waals surface area (Å²) < 4.78 is 5.27. The first-order chi connectivity index (χ1) is 13.1. The second-order valence-corrected chi connectivity index (χ2v) is 6.90. The minimum atomic E-state index is -1.49. The zero-order valence-corrected chi connectivity index (χ0v) is 17.3. The van der Waals surface area contributed by atoms with Crippen LogP contribution in [-0.4, -0.2) is 112 Å². The number of nitrogens with zero attached hydrogens (tertiary/aromatic N) is 2. The van der Waals surface area contributed by atoms with E-state index in [2.05, 4.69) is 0 Å². The summed E-state index contributed by atoms with van der Waals surface area (Å²) in [6.07, 6.45) is -3.40. The summed E-state index contributed by atoms with van der Waals surface area (Å²) in [5.74, 6) is -2.09. The Kier molecular flexibility index (Phi) is 13.0. The fraction of sp³-hybridized carbons (Fsp3) is 0.824. The summed E-state index contributed by atoms with van der Waals surface area (Å²) in [6.45, 7) is 1.70. The molecule has 0 unspecified atom stereocenters. The Balaban J connectivity index is 0.00000784. The normalized spacial score (nSPS) is 26.0. The largest absolute Gasteiger partial charge is 0.480 e. The van der Waals surface area contributed by atoms with Crippen LogP contribution in [0.4, 0.5) is 0 Å². The van der Waals surface area contributed by atoms with Gasteiger partial charge >= 0.3 is 5.97 Å². The average Bonchev–Trinajstić information content (AvgIpc) is 2.63. The molecular weight excluding hydrogens is 410 g/mol. The molecule has 11 nitrogen and oxygen atoms in total. The van der Waals surface area contributed by atoms with Crippen LogP contribution in [0.5, 0.6) is 0 Å². The summed E-state index contributed by atoms with van der Waals surface area (Å²) in [4.78, 5) is 37.9. The molecule has 0 bridgehead atoms. The van der Waals surface area contributed by atoms with E-state index in [0.29, 0.717) is 19.4 Å². The number of carbonyl (C=O) groups is 3. The van der Waals surface area contributed by atoms with Crippen LogP contribution in [0, 0.1) is 0 Å². The Morgan fingerprint density at radius 2 is 1.69 bits per heavy atom. The highest BCUT2D eigenvalue weighted by molar-refractivity contribution is 5.85. The molecular formula is C17H32ClN3O8. The first kappa shape index (κ1) is 27.5. The number of carboxylic acids is 1. The number of ether oxygens (including phenoxy) is 1. The molecule has 0 radical (unpaired) electrons. The van der Waals surface area contributed by atoms with E-state index in [1.165, 1.54) is 16.7 Å². The maximum absolute atomic E-state index is 12.4. The molecule has 170 valence electrons. The first-order valence-corrected chi connectivity index (χ1v) is 9.27. The zero-order chi connectivity index (χ0) is 21.3. The van der Waals surface area contributed by atoms with Gasteiger partial charge in [-0.15, -0.1) is 12.4 Å². The molecule has 0 aromatic rings. The Labute approximate surface area is 175 Å². The molecule has 6 N–H and O–H groups in total. The topological polar surface area (TPSA) is 174 Å². The molecule has 1 aliphatic rings. The van der Waals surface area contributed by atoms with E-state index in [9.17, 15) is 29.7 Å². The van der Waals surface area contributed by atoms with Gasteiger partial charge in [-0.2, -0.15) is 0 Å². The van der Waals surface area contributed by atoms with Crippen molar-refractivity contribution in [3.05, 3.63) is 0 Å². The van der Waals surface area contributed by atoms with E-state index in [-0.39, 0.29) is 57.6 Å². The van der Waals surface area contributed by atoms with Crippen molar-refractivity contribution in [2.75, 3.05) is 39.4 Å². The van der Waals surface area contributed by atoms with Crippen LogP contribution < -0.4 is 5.73 Å². The van der Waals surface area contributed by atoms with E-state index < -0.39 is 36.2 Å². The molecule has 1 fully saturated rings. The third kappa shape index (κ3) is 9.70. The number of nitrogens with two attached hydrogens (primary N) is 1. The maximum atomic E-state index is 12.4. The highest BCUT2D eigenvalue weighted by Gasteiger charge is 2.28. The number of β-amino-alcohol motifs (C(OH)–C–C–N with tert-alkyl or cyclic N) is 1. The predicted molar refractivity (Wildman–Crippen MR) is 104 cm³/mol.